The number of aliphatic hydroxyl groups is 1. The number of carbonyl (C=O) groups is 2. The molecule has 0 aromatic heterocycles. The molecule has 1 fully saturated rings. The van der Waals surface area contributed by atoms with Crippen LogP contribution in [0.5, 0.6) is 0 Å². The molecular formula is C13H20N2O4. The minimum absolute atomic E-state index is 0.136. The van der Waals surface area contributed by atoms with Gasteiger partial charge >= 0.3 is 12.0 Å². The molecule has 1 aliphatic carbocycles. The fraction of sp³-hybridized carbons (Fsp3) is 0.692. The second-order valence-corrected chi connectivity index (χ2v) is 5.36. The first-order valence-electron chi connectivity index (χ1n) is 6.62. The molecule has 6 nitrogen and oxygen atoms in total. The van der Waals surface area contributed by atoms with Gasteiger partial charge in [0.25, 0.3) is 0 Å². The molecule has 2 aliphatic rings. The zero-order valence-corrected chi connectivity index (χ0v) is 11.0. The molecule has 4 unspecified atom stereocenters. The Balaban J connectivity index is 1.80. The predicted molar refractivity (Wildman–Crippen MR) is 68.6 cm³/mol. The summed E-state index contributed by atoms with van der Waals surface area (Å²) in [4.78, 5) is 24.5. The summed E-state index contributed by atoms with van der Waals surface area (Å²) in [6, 6.07) is -0.386. The van der Waals surface area contributed by atoms with Gasteiger partial charge in [-0.1, -0.05) is 12.2 Å². The number of aliphatic carboxylic acids is 1. The quantitative estimate of drug-likeness (QED) is 0.647. The Morgan fingerprint density at radius 1 is 1.42 bits per heavy atom. The number of urea groups is 1. The highest BCUT2D eigenvalue weighted by Crippen LogP contribution is 2.21. The molecule has 0 aromatic carbocycles. The SMILES string of the molecule is CC(O)C1CCN(C(=O)NC2C=CC(C(=O)O)C2)C1. The number of aliphatic hydroxyl groups excluding tert-OH is 1. The van der Waals surface area contributed by atoms with Gasteiger partial charge in [-0.05, 0) is 19.8 Å². The van der Waals surface area contributed by atoms with E-state index in [-0.39, 0.29) is 18.0 Å². The second-order valence-electron chi connectivity index (χ2n) is 5.36. The smallest absolute Gasteiger partial charge is 0.317 e. The largest absolute Gasteiger partial charge is 0.481 e. The number of amides is 2. The van der Waals surface area contributed by atoms with E-state index in [1.807, 2.05) is 0 Å². The number of carboxylic acid groups (broad SMARTS) is 1. The molecule has 1 aliphatic heterocycles. The molecule has 2 amide bonds. The molecule has 0 bridgehead atoms. The summed E-state index contributed by atoms with van der Waals surface area (Å²) in [6.45, 7) is 2.94. The minimum atomic E-state index is -0.858. The minimum Gasteiger partial charge on any atom is -0.481 e. The van der Waals surface area contributed by atoms with Crippen molar-refractivity contribution in [1.29, 1.82) is 0 Å². The van der Waals surface area contributed by atoms with Gasteiger partial charge in [0.2, 0.25) is 0 Å². The van der Waals surface area contributed by atoms with Crippen LogP contribution in [0, 0.1) is 11.8 Å². The third-order valence-electron chi connectivity index (χ3n) is 3.90. The van der Waals surface area contributed by atoms with Crippen molar-refractivity contribution in [3.8, 4) is 0 Å². The highest BCUT2D eigenvalue weighted by Gasteiger charge is 2.31. The zero-order valence-electron chi connectivity index (χ0n) is 11.0. The van der Waals surface area contributed by atoms with E-state index in [0.717, 1.165) is 6.42 Å². The Hall–Kier alpha value is -1.56. The number of hydrogen-bond donors (Lipinski definition) is 3. The Morgan fingerprint density at radius 3 is 2.68 bits per heavy atom. The van der Waals surface area contributed by atoms with E-state index >= 15 is 0 Å². The van der Waals surface area contributed by atoms with Crippen LogP contribution in [0.1, 0.15) is 19.8 Å². The number of nitrogens with one attached hydrogen (secondary N) is 1. The summed E-state index contributed by atoms with van der Waals surface area (Å²) in [5.74, 6) is -1.23. The molecule has 0 saturated carbocycles. The molecular weight excluding hydrogens is 248 g/mol. The maximum absolute atomic E-state index is 12.0. The summed E-state index contributed by atoms with van der Waals surface area (Å²) in [7, 11) is 0. The molecule has 106 valence electrons. The summed E-state index contributed by atoms with van der Waals surface area (Å²) in [5, 5.41) is 21.2. The van der Waals surface area contributed by atoms with Crippen molar-refractivity contribution in [1.82, 2.24) is 10.2 Å². The first-order valence-corrected chi connectivity index (χ1v) is 6.62. The Labute approximate surface area is 112 Å². The summed E-state index contributed by atoms with van der Waals surface area (Å²) < 4.78 is 0. The average Bonchev–Trinajstić information content (AvgIpc) is 2.96. The van der Waals surface area contributed by atoms with Crippen LogP contribution in [0.4, 0.5) is 4.79 Å². The lowest BCUT2D eigenvalue weighted by molar-refractivity contribution is -0.140. The number of carboxylic acids is 1. The van der Waals surface area contributed by atoms with Crippen LogP contribution in [0.15, 0.2) is 12.2 Å². The first kappa shape index (κ1) is 13.9. The van der Waals surface area contributed by atoms with Crippen molar-refractivity contribution in [2.24, 2.45) is 11.8 Å². The number of rotatable bonds is 3. The number of nitrogens with zero attached hydrogens (tertiary/aromatic N) is 1. The molecule has 1 heterocycles. The van der Waals surface area contributed by atoms with Crippen molar-refractivity contribution in [3.63, 3.8) is 0 Å². The van der Waals surface area contributed by atoms with E-state index < -0.39 is 18.0 Å². The van der Waals surface area contributed by atoms with Crippen molar-refractivity contribution in [2.75, 3.05) is 13.1 Å². The monoisotopic (exact) mass is 268 g/mol. The molecule has 6 heteroatoms. The Bertz CT molecular complexity index is 394. The topological polar surface area (TPSA) is 89.9 Å². The fourth-order valence-corrected chi connectivity index (χ4v) is 2.60. The van der Waals surface area contributed by atoms with Gasteiger partial charge in [-0.15, -0.1) is 0 Å². The van der Waals surface area contributed by atoms with Crippen molar-refractivity contribution < 1.29 is 19.8 Å². The first-order chi connectivity index (χ1) is 8.97. The van der Waals surface area contributed by atoms with Gasteiger partial charge in [0, 0.05) is 19.0 Å². The van der Waals surface area contributed by atoms with E-state index in [2.05, 4.69) is 5.32 Å². The lowest BCUT2D eigenvalue weighted by Crippen LogP contribution is -2.43. The predicted octanol–water partition coefficient (Wildman–Crippen LogP) is 0.428. The fourth-order valence-electron chi connectivity index (χ4n) is 2.60. The lowest BCUT2D eigenvalue weighted by atomic mass is 10.0. The van der Waals surface area contributed by atoms with E-state index in [9.17, 15) is 14.7 Å². The molecule has 0 aromatic rings. The lowest BCUT2D eigenvalue weighted by Gasteiger charge is -2.21. The van der Waals surface area contributed by atoms with Crippen LogP contribution in [0.3, 0.4) is 0 Å². The van der Waals surface area contributed by atoms with Crippen molar-refractivity contribution in [2.45, 2.75) is 31.9 Å². The van der Waals surface area contributed by atoms with Gasteiger partial charge in [0.05, 0.1) is 18.1 Å². The van der Waals surface area contributed by atoms with Gasteiger partial charge in [-0.3, -0.25) is 4.79 Å². The van der Waals surface area contributed by atoms with E-state index in [4.69, 9.17) is 5.11 Å². The van der Waals surface area contributed by atoms with Crippen molar-refractivity contribution in [3.05, 3.63) is 12.2 Å². The van der Waals surface area contributed by atoms with Gasteiger partial charge < -0.3 is 20.4 Å². The van der Waals surface area contributed by atoms with Crippen LogP contribution in [-0.4, -0.2) is 52.3 Å². The third-order valence-corrected chi connectivity index (χ3v) is 3.90. The number of likely N-dealkylation sites (tertiary alicyclic amines) is 1. The maximum atomic E-state index is 12.0. The van der Waals surface area contributed by atoms with Gasteiger partial charge in [-0.2, -0.15) is 0 Å². The Morgan fingerprint density at radius 2 is 2.16 bits per heavy atom. The molecule has 1 saturated heterocycles. The standard InChI is InChI=1S/C13H20N2O4/c1-8(16)10-4-5-15(7-10)13(19)14-11-3-2-9(6-11)12(17)18/h2-3,8-11,16H,4-7H2,1H3,(H,14,19)(H,17,18). The van der Waals surface area contributed by atoms with Crippen LogP contribution in [-0.2, 0) is 4.79 Å². The number of carbonyl (C=O) groups excluding carboxylic acids is 1. The molecule has 2 rings (SSSR count). The average molecular weight is 268 g/mol. The van der Waals surface area contributed by atoms with Gasteiger partial charge in [0.15, 0.2) is 0 Å². The molecule has 4 atom stereocenters. The van der Waals surface area contributed by atoms with Crippen LogP contribution >= 0.6 is 0 Å². The highest BCUT2D eigenvalue weighted by atomic mass is 16.4. The Kier molecular flexibility index (Phi) is 4.09. The van der Waals surface area contributed by atoms with Crippen LogP contribution in [0.25, 0.3) is 0 Å². The van der Waals surface area contributed by atoms with Crippen LogP contribution < -0.4 is 5.32 Å². The van der Waals surface area contributed by atoms with E-state index in [1.165, 1.54) is 0 Å². The van der Waals surface area contributed by atoms with Crippen molar-refractivity contribution >= 4 is 12.0 Å². The van der Waals surface area contributed by atoms with E-state index in [0.29, 0.717) is 19.5 Å². The summed E-state index contributed by atoms with van der Waals surface area (Å²) >= 11 is 0. The normalized spacial score (nSPS) is 31.5. The molecule has 3 N–H and O–H groups in total. The molecule has 0 spiro atoms. The summed E-state index contributed by atoms with van der Waals surface area (Å²) in [6.07, 6.45) is 4.17. The second kappa shape index (κ2) is 5.61. The summed E-state index contributed by atoms with van der Waals surface area (Å²) in [5.41, 5.74) is 0. The van der Waals surface area contributed by atoms with E-state index in [1.54, 1.807) is 24.0 Å². The van der Waals surface area contributed by atoms with Gasteiger partial charge in [-0.25, -0.2) is 4.79 Å². The highest BCUT2D eigenvalue weighted by molar-refractivity contribution is 5.76. The third kappa shape index (κ3) is 3.26. The number of hydrogen-bond acceptors (Lipinski definition) is 3. The maximum Gasteiger partial charge on any atom is 0.317 e. The molecule has 19 heavy (non-hydrogen) atoms. The van der Waals surface area contributed by atoms with Crippen LogP contribution in [0.2, 0.25) is 0 Å². The molecule has 0 radical (unpaired) electrons. The van der Waals surface area contributed by atoms with Gasteiger partial charge in [0.1, 0.15) is 0 Å². The zero-order chi connectivity index (χ0) is 14.0.